The number of amides is 4. The molecule has 4 amide bonds. The highest BCUT2D eigenvalue weighted by Gasteiger charge is 2.31. The largest absolute Gasteiger partial charge is 0.503 e. The molecule has 3 heterocycles. The Hall–Kier alpha value is -5.87. The van der Waals surface area contributed by atoms with Crippen LogP contribution in [-0.2, 0) is 24.4 Å². The van der Waals surface area contributed by atoms with Gasteiger partial charge in [0.2, 0.25) is 22.2 Å². The Labute approximate surface area is 394 Å². The summed E-state index contributed by atoms with van der Waals surface area (Å²) >= 11 is 0. The highest BCUT2D eigenvalue weighted by Crippen LogP contribution is 2.27. The molecule has 0 fully saturated rings. The fourth-order valence-corrected chi connectivity index (χ4v) is 8.38. The Bertz CT molecular complexity index is 2000. The van der Waals surface area contributed by atoms with Crippen molar-refractivity contribution in [2.75, 3.05) is 19.6 Å². The van der Waals surface area contributed by atoms with Gasteiger partial charge in [-0.05, 0) is 64.2 Å². The van der Waals surface area contributed by atoms with Crippen molar-refractivity contribution in [1.29, 1.82) is 0 Å². The normalized spacial score (nSPS) is 11.3. The number of pyridine rings is 3. The minimum Gasteiger partial charge on any atom is -0.503 e. The van der Waals surface area contributed by atoms with Gasteiger partial charge in [0.1, 0.15) is 0 Å². The highest BCUT2D eigenvalue weighted by atomic mass is 16.3. The number of aromatic hydroxyl groups is 3. The van der Waals surface area contributed by atoms with Gasteiger partial charge in [-0.15, -0.1) is 0 Å². The van der Waals surface area contributed by atoms with Gasteiger partial charge in [0.15, 0.2) is 34.3 Å². The van der Waals surface area contributed by atoms with Crippen LogP contribution >= 0.6 is 0 Å². The smallest absolute Gasteiger partial charge is 0.271 e. The van der Waals surface area contributed by atoms with E-state index in [1.54, 1.807) is 13.7 Å². The lowest BCUT2D eigenvalue weighted by Crippen LogP contribution is -2.50. The van der Waals surface area contributed by atoms with E-state index in [1.807, 2.05) is 6.92 Å². The van der Waals surface area contributed by atoms with Crippen molar-refractivity contribution in [2.24, 2.45) is 0 Å². The molecule has 3 rings (SSSR count). The standard InChI is InChI=1S/C50H77N7O10/c1-5-9-12-15-31-55-34-22-37(58)44(62)41(55)47(65)51-28-18-25-50(54-40(61)21-8-4,26-19-29-52-48(66)42-45(63)38(59)23-35-56(42)32-16-13-10-6-2)27-20-30-53-49(67)43-46(64)39(60)24-36-57(43)33-17-14-11-7-3/h22-24,34-36,62-64H,5-21,25-33H2,1-4H3,(H,51,65)(H,52,66)(H,53,67)(H,54,61). The molecule has 7 N–H and O–H groups in total. The molecule has 67 heavy (non-hydrogen) atoms. The topological polar surface area (TPSA) is 243 Å². The van der Waals surface area contributed by atoms with Crippen LogP contribution in [0.1, 0.15) is 188 Å². The van der Waals surface area contributed by atoms with Crippen LogP contribution in [0.5, 0.6) is 17.2 Å². The minimum atomic E-state index is -0.908. The third-order valence-corrected chi connectivity index (χ3v) is 12.1. The van der Waals surface area contributed by atoms with E-state index in [4.69, 9.17) is 0 Å². The van der Waals surface area contributed by atoms with Gasteiger partial charge >= 0.3 is 0 Å². The van der Waals surface area contributed by atoms with Crippen LogP contribution in [0.15, 0.2) is 51.2 Å². The van der Waals surface area contributed by atoms with E-state index in [9.17, 15) is 48.9 Å². The van der Waals surface area contributed by atoms with Crippen molar-refractivity contribution < 1.29 is 34.5 Å². The van der Waals surface area contributed by atoms with Crippen LogP contribution in [0.25, 0.3) is 0 Å². The molecule has 0 atom stereocenters. The molecular formula is C50H77N7O10. The predicted molar refractivity (Wildman–Crippen MR) is 260 cm³/mol. The van der Waals surface area contributed by atoms with Gasteiger partial charge in [0, 0.05) is 88.0 Å². The predicted octanol–water partition coefficient (Wildman–Crippen LogP) is 6.61. The summed E-state index contributed by atoms with van der Waals surface area (Å²) in [5.41, 5.74) is -3.26. The summed E-state index contributed by atoms with van der Waals surface area (Å²) in [7, 11) is 0. The Morgan fingerprint density at radius 1 is 0.463 bits per heavy atom. The number of hydrogen-bond donors (Lipinski definition) is 7. The van der Waals surface area contributed by atoms with Crippen LogP contribution in [0.4, 0.5) is 0 Å². The Morgan fingerprint density at radius 3 is 1.06 bits per heavy atom. The SMILES string of the molecule is CCCCCCn1ccc(=O)c(O)c1C(=O)NCCCC(CCCNC(=O)c1c(O)c(=O)ccn1CCCCCC)(CCCNC(=O)c1c(O)c(=O)ccn1CCCCCC)NC(=O)CCC. The Balaban J connectivity index is 1.85. The van der Waals surface area contributed by atoms with Crippen molar-refractivity contribution >= 4 is 23.6 Å². The number of unbranched alkanes of at least 4 members (excludes halogenated alkanes) is 9. The first-order valence-corrected chi connectivity index (χ1v) is 24.7. The van der Waals surface area contributed by atoms with Crippen molar-refractivity contribution in [3.63, 3.8) is 0 Å². The lowest BCUT2D eigenvalue weighted by molar-refractivity contribution is -0.123. The summed E-state index contributed by atoms with van der Waals surface area (Å²) in [6.45, 7) is 9.86. The van der Waals surface area contributed by atoms with Crippen molar-refractivity contribution in [3.05, 3.63) is 84.5 Å². The number of nitrogens with zero attached hydrogens (tertiary/aromatic N) is 3. The number of aryl methyl sites for hydroxylation is 3. The molecule has 0 bridgehead atoms. The Kier molecular flexibility index (Phi) is 24.6. The van der Waals surface area contributed by atoms with Gasteiger partial charge in [0.05, 0.1) is 0 Å². The number of aromatic nitrogens is 3. The van der Waals surface area contributed by atoms with Crippen molar-refractivity contribution in [3.8, 4) is 17.2 Å². The average Bonchev–Trinajstić information content (AvgIpc) is 3.30. The zero-order valence-corrected chi connectivity index (χ0v) is 40.4. The second-order valence-corrected chi connectivity index (χ2v) is 17.6. The lowest BCUT2D eigenvalue weighted by Gasteiger charge is -2.36. The maximum Gasteiger partial charge on any atom is 0.271 e. The minimum absolute atomic E-state index is 0.121. The zero-order valence-electron chi connectivity index (χ0n) is 40.4. The molecule has 0 spiro atoms. The Morgan fingerprint density at radius 2 is 0.776 bits per heavy atom. The lowest BCUT2D eigenvalue weighted by atomic mass is 9.83. The molecular weight excluding hydrogens is 859 g/mol. The fraction of sp³-hybridized carbons (Fsp3) is 0.620. The molecule has 17 nitrogen and oxygen atoms in total. The van der Waals surface area contributed by atoms with Gasteiger partial charge in [-0.2, -0.15) is 0 Å². The first-order chi connectivity index (χ1) is 32.2. The van der Waals surface area contributed by atoms with Crippen LogP contribution in [0.3, 0.4) is 0 Å². The number of rotatable bonds is 33. The summed E-state index contributed by atoms with van der Waals surface area (Å²) in [6.07, 6.45) is 18.6. The summed E-state index contributed by atoms with van der Waals surface area (Å²) in [5.74, 6) is -3.93. The van der Waals surface area contributed by atoms with E-state index in [1.165, 1.54) is 36.8 Å². The second kappa shape index (κ2) is 29.7. The third-order valence-electron chi connectivity index (χ3n) is 12.1. The quantitative estimate of drug-likeness (QED) is 0.0322. The second-order valence-electron chi connectivity index (χ2n) is 17.6. The van der Waals surface area contributed by atoms with Gasteiger partial charge in [-0.3, -0.25) is 33.6 Å². The number of carbonyl (C=O) groups excluding carboxylic acids is 4. The van der Waals surface area contributed by atoms with Crippen molar-refractivity contribution in [2.45, 2.75) is 181 Å². The summed E-state index contributed by atoms with van der Waals surface area (Å²) < 4.78 is 4.75. The van der Waals surface area contributed by atoms with Crippen LogP contribution < -0.4 is 37.6 Å². The van der Waals surface area contributed by atoms with E-state index in [-0.39, 0.29) is 49.0 Å². The monoisotopic (exact) mass is 936 g/mol. The molecule has 0 unspecified atom stereocenters. The van der Waals surface area contributed by atoms with Crippen LogP contribution in [0.2, 0.25) is 0 Å². The molecule has 0 aliphatic carbocycles. The molecule has 0 radical (unpaired) electrons. The van der Waals surface area contributed by atoms with Crippen LogP contribution in [0, 0.1) is 0 Å². The molecule has 3 aromatic rings. The molecule has 0 aromatic carbocycles. The molecule has 17 heteroatoms. The summed E-state index contributed by atoms with van der Waals surface area (Å²) in [4.78, 5) is 91.4. The highest BCUT2D eigenvalue weighted by molar-refractivity contribution is 5.96. The van der Waals surface area contributed by atoms with E-state index < -0.39 is 56.8 Å². The van der Waals surface area contributed by atoms with E-state index >= 15 is 0 Å². The maximum atomic E-state index is 13.6. The first kappa shape index (κ1) is 55.5. The molecule has 0 aliphatic heterocycles. The van der Waals surface area contributed by atoms with E-state index in [0.717, 1.165) is 77.0 Å². The van der Waals surface area contributed by atoms with Crippen LogP contribution in [-0.4, -0.2) is 77.8 Å². The van der Waals surface area contributed by atoms with Gasteiger partial charge in [-0.1, -0.05) is 85.5 Å². The van der Waals surface area contributed by atoms with Gasteiger partial charge < -0.3 is 50.3 Å². The average molecular weight is 936 g/mol. The molecule has 0 aliphatic rings. The van der Waals surface area contributed by atoms with Gasteiger partial charge in [-0.25, -0.2) is 0 Å². The van der Waals surface area contributed by atoms with E-state index in [0.29, 0.717) is 64.6 Å². The molecule has 0 saturated heterocycles. The van der Waals surface area contributed by atoms with E-state index in [2.05, 4.69) is 42.0 Å². The zero-order chi connectivity index (χ0) is 49.2. The maximum absolute atomic E-state index is 13.6. The van der Waals surface area contributed by atoms with Gasteiger partial charge in [0.25, 0.3) is 17.7 Å². The van der Waals surface area contributed by atoms with Crippen molar-refractivity contribution in [1.82, 2.24) is 35.0 Å². The first-order valence-electron chi connectivity index (χ1n) is 24.7. The number of carbonyl (C=O) groups is 4. The number of nitrogens with one attached hydrogen (secondary N) is 4. The molecule has 372 valence electrons. The number of hydrogen-bond acceptors (Lipinski definition) is 10. The fourth-order valence-electron chi connectivity index (χ4n) is 8.38. The molecule has 0 saturated carbocycles. The third kappa shape index (κ3) is 17.7. The molecule has 3 aromatic heterocycles. The summed E-state index contributed by atoms with van der Waals surface area (Å²) in [5, 5.41) is 43.8. The summed E-state index contributed by atoms with van der Waals surface area (Å²) in [6, 6.07) is 3.70.